The fraction of sp³-hybridized carbons (Fsp3) is 0.318. The highest BCUT2D eigenvalue weighted by Crippen LogP contribution is 2.38. The van der Waals surface area contributed by atoms with Gasteiger partial charge in [-0.3, -0.25) is 0 Å². The predicted octanol–water partition coefficient (Wildman–Crippen LogP) is 7.69. The van der Waals surface area contributed by atoms with Crippen molar-refractivity contribution in [2.45, 2.75) is 76.3 Å². The third-order valence-corrected chi connectivity index (χ3v) is 14.6. The minimum Gasteiger partial charge on any atom is -0.405 e. The molecule has 7 heteroatoms. The second kappa shape index (κ2) is 17.5. The first kappa shape index (κ1) is 36.9. The van der Waals surface area contributed by atoms with E-state index in [-0.39, 0.29) is 11.6 Å². The average molecular weight is 703 g/mol. The van der Waals surface area contributed by atoms with Gasteiger partial charge in [0, 0.05) is 7.11 Å². The van der Waals surface area contributed by atoms with Gasteiger partial charge in [0.05, 0.1) is 26.4 Å². The summed E-state index contributed by atoms with van der Waals surface area (Å²) in [5, 5.41) is 2.19. The van der Waals surface area contributed by atoms with Gasteiger partial charge >= 0.3 is 0 Å². The van der Waals surface area contributed by atoms with E-state index < -0.39 is 39.0 Å². The van der Waals surface area contributed by atoms with Crippen LogP contribution in [0.2, 0.25) is 5.04 Å². The Hall–Kier alpha value is -3.92. The molecule has 0 bridgehead atoms. The Morgan fingerprint density at radius 3 is 1.27 bits per heavy atom. The Morgan fingerprint density at radius 1 is 0.510 bits per heavy atom. The highest BCUT2D eigenvalue weighted by Gasteiger charge is 2.53. The maximum absolute atomic E-state index is 7.44. The lowest BCUT2D eigenvalue weighted by Gasteiger charge is -2.48. The smallest absolute Gasteiger partial charge is 0.261 e. The molecule has 0 N–H and O–H groups in total. The third-order valence-electron chi connectivity index (χ3n) is 9.56. The molecule has 6 nitrogen and oxygen atoms in total. The van der Waals surface area contributed by atoms with Crippen molar-refractivity contribution in [1.29, 1.82) is 0 Å². The van der Waals surface area contributed by atoms with E-state index >= 15 is 0 Å². The monoisotopic (exact) mass is 702 g/mol. The minimum absolute atomic E-state index is 0.212. The SMILES string of the molecule is COC1OC(CO[Si](c2ccccc2)(c2ccccc2)C(C)(C)C)C(OCc2ccccc2)C(OCc2ccccc2)C1OCc1ccccc1. The molecular weight excluding hydrogens is 653 g/mol. The van der Waals surface area contributed by atoms with Crippen LogP contribution in [0.5, 0.6) is 0 Å². The molecule has 0 aromatic heterocycles. The van der Waals surface area contributed by atoms with Gasteiger partial charge in [0.15, 0.2) is 6.29 Å². The van der Waals surface area contributed by atoms with Crippen LogP contribution < -0.4 is 10.4 Å². The lowest BCUT2D eigenvalue weighted by Crippen LogP contribution is -2.68. The molecule has 0 saturated carbocycles. The van der Waals surface area contributed by atoms with Crippen LogP contribution in [0.1, 0.15) is 37.5 Å². The predicted molar refractivity (Wildman–Crippen MR) is 204 cm³/mol. The minimum atomic E-state index is -2.90. The molecule has 0 aliphatic carbocycles. The topological polar surface area (TPSA) is 55.4 Å². The van der Waals surface area contributed by atoms with E-state index in [4.69, 9.17) is 28.1 Å². The van der Waals surface area contributed by atoms with Crippen LogP contribution in [-0.2, 0) is 47.9 Å². The van der Waals surface area contributed by atoms with Gasteiger partial charge in [-0.2, -0.15) is 0 Å². The van der Waals surface area contributed by atoms with Crippen molar-refractivity contribution < 1.29 is 28.1 Å². The standard InChI is InChI=1S/C44H50O6Si/c1-44(2,3)51(37-26-16-8-17-27-37,38-28-18-9-19-29-38)49-33-39-40(46-30-34-20-10-5-11-21-34)41(47-31-35-22-12-6-13-23-35)42(43(45-4)50-39)48-32-36-24-14-7-15-25-36/h5-29,39-43H,30-33H2,1-4H3. The maximum Gasteiger partial charge on any atom is 0.261 e. The summed E-state index contributed by atoms with van der Waals surface area (Å²) < 4.78 is 40.7. The Labute approximate surface area is 304 Å². The molecule has 0 amide bonds. The molecule has 1 heterocycles. The fourth-order valence-corrected chi connectivity index (χ4v) is 11.6. The maximum atomic E-state index is 7.44. The largest absolute Gasteiger partial charge is 0.405 e. The van der Waals surface area contributed by atoms with Crippen LogP contribution in [0.15, 0.2) is 152 Å². The Morgan fingerprint density at radius 2 is 0.882 bits per heavy atom. The zero-order chi connectivity index (χ0) is 35.5. The van der Waals surface area contributed by atoms with Crippen molar-refractivity contribution >= 4 is 18.7 Å². The van der Waals surface area contributed by atoms with Crippen LogP contribution >= 0.6 is 0 Å². The second-order valence-electron chi connectivity index (χ2n) is 14.0. The van der Waals surface area contributed by atoms with Gasteiger partial charge in [0.2, 0.25) is 0 Å². The van der Waals surface area contributed by atoms with Gasteiger partial charge in [-0.1, -0.05) is 172 Å². The van der Waals surface area contributed by atoms with E-state index in [9.17, 15) is 0 Å². The molecule has 0 spiro atoms. The second-order valence-corrected chi connectivity index (χ2v) is 18.3. The van der Waals surface area contributed by atoms with E-state index in [1.807, 2.05) is 54.6 Å². The van der Waals surface area contributed by atoms with Crippen molar-refractivity contribution in [2.24, 2.45) is 0 Å². The normalized spacial score (nSPS) is 21.0. The number of hydrogen-bond acceptors (Lipinski definition) is 6. The summed E-state index contributed by atoms with van der Waals surface area (Å²) in [7, 11) is -1.24. The van der Waals surface area contributed by atoms with Crippen LogP contribution in [0.25, 0.3) is 0 Å². The zero-order valence-electron chi connectivity index (χ0n) is 30.1. The summed E-state index contributed by atoms with van der Waals surface area (Å²) in [4.78, 5) is 0. The third kappa shape index (κ3) is 8.94. The molecule has 1 fully saturated rings. The zero-order valence-corrected chi connectivity index (χ0v) is 31.1. The first-order valence-electron chi connectivity index (χ1n) is 17.8. The Bertz CT molecular complexity index is 1680. The summed E-state index contributed by atoms with van der Waals surface area (Å²) in [5.41, 5.74) is 3.16. The molecule has 1 saturated heterocycles. The summed E-state index contributed by atoms with van der Waals surface area (Å²) >= 11 is 0. The van der Waals surface area contributed by atoms with Crippen molar-refractivity contribution in [3.63, 3.8) is 0 Å². The van der Waals surface area contributed by atoms with E-state index in [1.165, 1.54) is 10.4 Å². The van der Waals surface area contributed by atoms with E-state index in [0.717, 1.165) is 16.7 Å². The van der Waals surface area contributed by atoms with Crippen LogP contribution in [0.4, 0.5) is 0 Å². The molecule has 5 aromatic rings. The molecule has 5 atom stereocenters. The molecule has 1 aliphatic heterocycles. The highest BCUT2D eigenvalue weighted by atomic mass is 28.4. The molecule has 51 heavy (non-hydrogen) atoms. The summed E-state index contributed by atoms with van der Waals surface area (Å²) in [6, 6.07) is 51.8. The lowest BCUT2D eigenvalue weighted by molar-refractivity contribution is -0.320. The number of methoxy groups -OCH3 is 1. The molecule has 5 aromatic carbocycles. The van der Waals surface area contributed by atoms with E-state index in [2.05, 4.69) is 118 Å². The van der Waals surface area contributed by atoms with Gasteiger partial charge in [0.25, 0.3) is 8.32 Å². The molecule has 0 radical (unpaired) electrons. The van der Waals surface area contributed by atoms with Gasteiger partial charge < -0.3 is 28.1 Å². The van der Waals surface area contributed by atoms with Crippen LogP contribution in [-0.4, -0.2) is 52.7 Å². The van der Waals surface area contributed by atoms with Crippen LogP contribution in [0, 0.1) is 0 Å². The summed E-state index contributed by atoms with van der Waals surface area (Å²) in [6.45, 7) is 8.22. The van der Waals surface area contributed by atoms with Crippen molar-refractivity contribution in [2.75, 3.05) is 13.7 Å². The summed E-state index contributed by atoms with van der Waals surface area (Å²) in [5.74, 6) is 0. The quantitative estimate of drug-likeness (QED) is 0.104. The van der Waals surface area contributed by atoms with Gasteiger partial charge in [-0.25, -0.2) is 0 Å². The van der Waals surface area contributed by atoms with Gasteiger partial charge in [0.1, 0.15) is 24.4 Å². The van der Waals surface area contributed by atoms with Crippen molar-refractivity contribution in [3.8, 4) is 0 Å². The first-order valence-corrected chi connectivity index (χ1v) is 19.7. The molecular formula is C44H50O6Si. The van der Waals surface area contributed by atoms with Crippen LogP contribution in [0.3, 0.4) is 0 Å². The highest BCUT2D eigenvalue weighted by molar-refractivity contribution is 6.99. The average Bonchev–Trinajstić information content (AvgIpc) is 3.17. The Balaban J connectivity index is 1.38. The number of ether oxygens (including phenoxy) is 5. The number of hydrogen-bond donors (Lipinski definition) is 0. The summed E-state index contributed by atoms with van der Waals surface area (Å²) in [6.07, 6.45) is -2.91. The Kier molecular flexibility index (Phi) is 12.7. The van der Waals surface area contributed by atoms with Crippen molar-refractivity contribution in [3.05, 3.63) is 168 Å². The lowest BCUT2D eigenvalue weighted by atomic mass is 9.98. The number of benzene rings is 5. The van der Waals surface area contributed by atoms with Crippen molar-refractivity contribution in [1.82, 2.24) is 0 Å². The molecule has 1 aliphatic rings. The molecule has 6 rings (SSSR count). The van der Waals surface area contributed by atoms with Gasteiger partial charge in [-0.05, 0) is 32.1 Å². The van der Waals surface area contributed by atoms with Gasteiger partial charge in [-0.15, -0.1) is 0 Å². The fourth-order valence-electron chi connectivity index (χ4n) is 7.04. The first-order chi connectivity index (χ1) is 24.9. The number of rotatable bonds is 15. The van der Waals surface area contributed by atoms with E-state index in [1.54, 1.807) is 7.11 Å². The van der Waals surface area contributed by atoms with E-state index in [0.29, 0.717) is 19.8 Å². The molecule has 266 valence electrons. The molecule has 5 unspecified atom stereocenters.